The third-order valence-electron chi connectivity index (χ3n) is 2.85. The molecule has 0 aromatic heterocycles. The topological polar surface area (TPSA) is 40.6 Å². The number of hydrogen-bond donors (Lipinski definition) is 0. The van der Waals surface area contributed by atoms with Crippen molar-refractivity contribution >= 4 is 11.8 Å². The first-order valence-electron chi connectivity index (χ1n) is 6.97. The van der Waals surface area contributed by atoms with E-state index in [9.17, 15) is 9.59 Å². The standard InChI is InChI=1S/2C9H11NO/c2*1-10(2)9(11)8-6-4-3-5-7-8/h2*3-7H,1-2H3. The van der Waals surface area contributed by atoms with Gasteiger partial charge < -0.3 is 9.80 Å². The lowest BCUT2D eigenvalue weighted by Gasteiger charge is -2.08. The number of nitrogens with zero attached hydrogens (tertiary/aromatic N) is 2. The molecule has 0 aliphatic rings. The van der Waals surface area contributed by atoms with Crippen molar-refractivity contribution in [3.63, 3.8) is 0 Å². The van der Waals surface area contributed by atoms with Gasteiger partial charge in [-0.3, -0.25) is 9.59 Å². The van der Waals surface area contributed by atoms with Crippen LogP contribution in [0.15, 0.2) is 60.7 Å². The summed E-state index contributed by atoms with van der Waals surface area (Å²) in [6.45, 7) is 0. The molecule has 0 saturated heterocycles. The lowest BCUT2D eigenvalue weighted by molar-refractivity contribution is 0.0820. The van der Waals surface area contributed by atoms with Crippen LogP contribution in [0, 0.1) is 0 Å². The van der Waals surface area contributed by atoms with Crippen LogP contribution in [-0.2, 0) is 0 Å². The van der Waals surface area contributed by atoms with Crippen molar-refractivity contribution in [2.45, 2.75) is 0 Å². The zero-order valence-corrected chi connectivity index (χ0v) is 13.5. The van der Waals surface area contributed by atoms with E-state index in [1.54, 1.807) is 38.0 Å². The number of carbonyl (C=O) groups is 2. The Morgan fingerprint density at radius 1 is 0.591 bits per heavy atom. The lowest BCUT2D eigenvalue weighted by atomic mass is 10.2. The molecular weight excluding hydrogens is 276 g/mol. The molecule has 0 saturated carbocycles. The van der Waals surface area contributed by atoms with Crippen LogP contribution >= 0.6 is 0 Å². The molecule has 116 valence electrons. The maximum atomic E-state index is 11.3. The zero-order valence-electron chi connectivity index (χ0n) is 13.5. The van der Waals surface area contributed by atoms with Gasteiger partial charge in [0, 0.05) is 39.3 Å². The largest absolute Gasteiger partial charge is 0.345 e. The van der Waals surface area contributed by atoms with Gasteiger partial charge in [0.2, 0.25) is 0 Å². The molecule has 2 amide bonds. The second-order valence-electron chi connectivity index (χ2n) is 5.13. The van der Waals surface area contributed by atoms with Crippen LogP contribution in [0.3, 0.4) is 0 Å². The number of carbonyl (C=O) groups excluding carboxylic acids is 2. The van der Waals surface area contributed by atoms with Gasteiger partial charge in [-0.1, -0.05) is 36.4 Å². The Bertz CT molecular complexity index is 537. The van der Waals surface area contributed by atoms with Crippen molar-refractivity contribution in [1.29, 1.82) is 0 Å². The molecule has 0 N–H and O–H groups in total. The Kier molecular flexibility index (Phi) is 6.83. The van der Waals surface area contributed by atoms with Gasteiger partial charge in [-0.2, -0.15) is 0 Å². The summed E-state index contributed by atoms with van der Waals surface area (Å²) in [5.41, 5.74) is 1.47. The fourth-order valence-electron chi connectivity index (χ4n) is 1.68. The van der Waals surface area contributed by atoms with Gasteiger partial charge in [0.15, 0.2) is 0 Å². The highest BCUT2D eigenvalue weighted by molar-refractivity contribution is 5.94. The lowest BCUT2D eigenvalue weighted by Crippen LogP contribution is -2.21. The van der Waals surface area contributed by atoms with Crippen LogP contribution in [0.2, 0.25) is 0 Å². The van der Waals surface area contributed by atoms with Gasteiger partial charge in [0.1, 0.15) is 0 Å². The van der Waals surface area contributed by atoms with Crippen molar-refractivity contribution < 1.29 is 9.59 Å². The highest BCUT2D eigenvalue weighted by atomic mass is 16.2. The maximum absolute atomic E-state index is 11.3. The summed E-state index contributed by atoms with van der Waals surface area (Å²) in [4.78, 5) is 25.7. The highest BCUT2D eigenvalue weighted by Crippen LogP contribution is 2.01. The van der Waals surface area contributed by atoms with Gasteiger partial charge in [-0.25, -0.2) is 0 Å². The zero-order chi connectivity index (χ0) is 16.5. The minimum atomic E-state index is 0.0469. The fraction of sp³-hybridized carbons (Fsp3) is 0.222. The SMILES string of the molecule is CN(C)C(=O)c1ccccc1.CN(C)C(=O)c1ccccc1. The molecule has 0 atom stereocenters. The number of benzene rings is 2. The van der Waals surface area contributed by atoms with Crippen LogP contribution in [0.5, 0.6) is 0 Å². The Balaban J connectivity index is 0.000000220. The summed E-state index contributed by atoms with van der Waals surface area (Å²) >= 11 is 0. The van der Waals surface area contributed by atoms with Crippen LogP contribution in [0.25, 0.3) is 0 Å². The Morgan fingerprint density at radius 3 is 1.09 bits per heavy atom. The second-order valence-corrected chi connectivity index (χ2v) is 5.13. The highest BCUT2D eigenvalue weighted by Gasteiger charge is 2.05. The molecule has 0 spiro atoms. The molecule has 0 aliphatic heterocycles. The molecule has 0 unspecified atom stereocenters. The van der Waals surface area contributed by atoms with E-state index in [4.69, 9.17) is 0 Å². The number of rotatable bonds is 2. The van der Waals surface area contributed by atoms with E-state index in [1.807, 2.05) is 60.7 Å². The molecule has 2 aromatic rings. The normalized spacial score (nSPS) is 9.27. The smallest absolute Gasteiger partial charge is 0.253 e. The van der Waals surface area contributed by atoms with E-state index in [2.05, 4.69) is 0 Å². The van der Waals surface area contributed by atoms with Gasteiger partial charge in [0.25, 0.3) is 11.8 Å². The van der Waals surface area contributed by atoms with Crippen molar-refractivity contribution in [3.05, 3.63) is 71.8 Å². The van der Waals surface area contributed by atoms with Crippen LogP contribution < -0.4 is 0 Å². The van der Waals surface area contributed by atoms with Crippen LogP contribution in [0.1, 0.15) is 20.7 Å². The molecule has 0 aliphatic carbocycles. The third-order valence-corrected chi connectivity index (χ3v) is 2.85. The Labute approximate surface area is 132 Å². The van der Waals surface area contributed by atoms with Gasteiger partial charge in [-0.05, 0) is 24.3 Å². The van der Waals surface area contributed by atoms with E-state index in [0.29, 0.717) is 0 Å². The number of hydrogen-bond acceptors (Lipinski definition) is 2. The van der Waals surface area contributed by atoms with E-state index in [1.165, 1.54) is 0 Å². The third kappa shape index (κ3) is 5.40. The monoisotopic (exact) mass is 298 g/mol. The van der Waals surface area contributed by atoms with Gasteiger partial charge >= 0.3 is 0 Å². The summed E-state index contributed by atoms with van der Waals surface area (Å²) in [7, 11) is 6.98. The molecule has 0 fully saturated rings. The first kappa shape index (κ1) is 17.4. The molecule has 0 radical (unpaired) electrons. The van der Waals surface area contributed by atoms with Crippen LogP contribution in [-0.4, -0.2) is 49.8 Å². The first-order valence-corrected chi connectivity index (χ1v) is 6.97. The van der Waals surface area contributed by atoms with E-state index < -0.39 is 0 Å². The summed E-state index contributed by atoms with van der Waals surface area (Å²) in [5, 5.41) is 0. The second kappa shape index (κ2) is 8.62. The quantitative estimate of drug-likeness (QED) is 0.855. The van der Waals surface area contributed by atoms with Crippen molar-refractivity contribution in [1.82, 2.24) is 9.80 Å². The summed E-state index contributed by atoms with van der Waals surface area (Å²) in [5.74, 6) is 0.0937. The van der Waals surface area contributed by atoms with Gasteiger partial charge in [-0.15, -0.1) is 0 Å². The van der Waals surface area contributed by atoms with E-state index in [-0.39, 0.29) is 11.8 Å². The minimum Gasteiger partial charge on any atom is -0.345 e. The Hall–Kier alpha value is -2.62. The maximum Gasteiger partial charge on any atom is 0.253 e. The minimum absolute atomic E-state index is 0.0469. The van der Waals surface area contributed by atoms with Crippen molar-refractivity contribution in [2.75, 3.05) is 28.2 Å². The van der Waals surface area contributed by atoms with Gasteiger partial charge in [0.05, 0.1) is 0 Å². The molecule has 2 aromatic carbocycles. The van der Waals surface area contributed by atoms with Crippen molar-refractivity contribution in [3.8, 4) is 0 Å². The predicted molar refractivity (Wildman–Crippen MR) is 88.9 cm³/mol. The Morgan fingerprint density at radius 2 is 0.864 bits per heavy atom. The molecular formula is C18H22N2O2. The molecule has 2 rings (SSSR count). The molecule has 0 heterocycles. The molecule has 4 nitrogen and oxygen atoms in total. The average Bonchev–Trinajstić information content (AvgIpc) is 2.55. The molecule has 4 heteroatoms. The summed E-state index contributed by atoms with van der Waals surface area (Å²) in [6.07, 6.45) is 0. The molecule has 0 bridgehead atoms. The van der Waals surface area contributed by atoms with Crippen LogP contribution in [0.4, 0.5) is 0 Å². The van der Waals surface area contributed by atoms with E-state index >= 15 is 0 Å². The number of amides is 2. The van der Waals surface area contributed by atoms with Crippen molar-refractivity contribution in [2.24, 2.45) is 0 Å². The predicted octanol–water partition coefficient (Wildman–Crippen LogP) is 2.78. The summed E-state index contributed by atoms with van der Waals surface area (Å²) < 4.78 is 0. The fourth-order valence-corrected chi connectivity index (χ4v) is 1.68. The summed E-state index contributed by atoms with van der Waals surface area (Å²) in [6, 6.07) is 18.5. The first-order chi connectivity index (χ1) is 10.4. The average molecular weight is 298 g/mol. The van der Waals surface area contributed by atoms with E-state index in [0.717, 1.165) is 11.1 Å². The molecule has 22 heavy (non-hydrogen) atoms.